The lowest BCUT2D eigenvalue weighted by Crippen LogP contribution is -2.37. The van der Waals surface area contributed by atoms with Crippen LogP contribution in [0.3, 0.4) is 0 Å². The SMILES string of the molecule is Cc1cc(-c2cc3cc(CC4(C(F)(F)F)CCCC4)ccc3cn2)cc(C(C)(C)C)c1. The molecule has 2 aromatic carbocycles. The summed E-state index contributed by atoms with van der Waals surface area (Å²) >= 11 is 0. The Bertz CT molecular complexity index is 1100. The standard InChI is InChI=1S/C27H30F3N/c1-18-11-22(14-23(12-18)25(2,3)4)24-15-21-13-19(7-8-20(21)17-31-24)16-26(27(28,29)30)9-5-6-10-26/h7-8,11-15,17H,5-6,9-10,16H2,1-4H3. The lowest BCUT2D eigenvalue weighted by Gasteiger charge is -2.31. The van der Waals surface area contributed by atoms with Crippen molar-refractivity contribution in [1.82, 2.24) is 4.98 Å². The normalized spacial score (nSPS) is 16.7. The molecule has 1 nitrogen and oxygen atoms in total. The van der Waals surface area contributed by atoms with Gasteiger partial charge in [-0.25, -0.2) is 0 Å². The topological polar surface area (TPSA) is 12.9 Å². The summed E-state index contributed by atoms with van der Waals surface area (Å²) < 4.78 is 41.6. The van der Waals surface area contributed by atoms with Crippen molar-refractivity contribution < 1.29 is 13.2 Å². The molecule has 0 aliphatic heterocycles. The van der Waals surface area contributed by atoms with Crippen molar-refractivity contribution in [3.63, 3.8) is 0 Å². The zero-order valence-corrected chi connectivity index (χ0v) is 18.7. The Morgan fingerprint density at radius 2 is 1.61 bits per heavy atom. The zero-order chi connectivity index (χ0) is 22.4. The molecule has 0 unspecified atom stereocenters. The van der Waals surface area contributed by atoms with Crippen molar-refractivity contribution in [2.24, 2.45) is 5.41 Å². The van der Waals surface area contributed by atoms with Crippen LogP contribution in [0.2, 0.25) is 0 Å². The van der Waals surface area contributed by atoms with Gasteiger partial charge in [-0.2, -0.15) is 13.2 Å². The van der Waals surface area contributed by atoms with Crippen LogP contribution in [0.1, 0.15) is 63.1 Å². The van der Waals surface area contributed by atoms with Crippen LogP contribution in [0.5, 0.6) is 0 Å². The number of nitrogens with zero attached hydrogens (tertiary/aromatic N) is 1. The third-order valence-electron chi connectivity index (χ3n) is 6.73. The predicted molar refractivity (Wildman–Crippen MR) is 121 cm³/mol. The van der Waals surface area contributed by atoms with Gasteiger partial charge in [0.1, 0.15) is 0 Å². The molecule has 31 heavy (non-hydrogen) atoms. The molecular weight excluding hydrogens is 395 g/mol. The number of aromatic nitrogens is 1. The van der Waals surface area contributed by atoms with Crippen molar-refractivity contribution in [3.8, 4) is 11.3 Å². The second-order valence-corrected chi connectivity index (χ2v) is 10.3. The van der Waals surface area contributed by atoms with Gasteiger partial charge in [0.15, 0.2) is 0 Å². The molecule has 1 aromatic heterocycles. The largest absolute Gasteiger partial charge is 0.394 e. The average Bonchev–Trinajstić information content (AvgIpc) is 3.16. The highest BCUT2D eigenvalue weighted by atomic mass is 19.4. The highest BCUT2D eigenvalue weighted by Gasteiger charge is 2.55. The van der Waals surface area contributed by atoms with Gasteiger partial charge in [0.25, 0.3) is 0 Å². The second-order valence-electron chi connectivity index (χ2n) is 10.3. The van der Waals surface area contributed by atoms with Crippen LogP contribution in [0, 0.1) is 12.3 Å². The number of benzene rings is 2. The van der Waals surface area contributed by atoms with E-state index in [4.69, 9.17) is 0 Å². The van der Waals surface area contributed by atoms with Gasteiger partial charge >= 0.3 is 6.18 Å². The Morgan fingerprint density at radius 1 is 0.903 bits per heavy atom. The summed E-state index contributed by atoms with van der Waals surface area (Å²) in [6.07, 6.45) is -0.503. The van der Waals surface area contributed by atoms with Crippen molar-refractivity contribution in [2.75, 3.05) is 0 Å². The average molecular weight is 426 g/mol. The van der Waals surface area contributed by atoms with E-state index in [2.05, 4.69) is 50.9 Å². The van der Waals surface area contributed by atoms with E-state index in [-0.39, 0.29) is 24.7 Å². The van der Waals surface area contributed by atoms with Crippen LogP contribution >= 0.6 is 0 Å². The first-order valence-corrected chi connectivity index (χ1v) is 11.0. The summed E-state index contributed by atoms with van der Waals surface area (Å²) in [7, 11) is 0. The maximum Gasteiger partial charge on any atom is 0.394 e. The van der Waals surface area contributed by atoms with Crippen LogP contribution in [-0.4, -0.2) is 11.2 Å². The first-order chi connectivity index (χ1) is 14.5. The quantitative estimate of drug-likeness (QED) is 0.412. The van der Waals surface area contributed by atoms with E-state index in [0.29, 0.717) is 12.8 Å². The molecule has 4 heteroatoms. The first-order valence-electron chi connectivity index (χ1n) is 11.0. The zero-order valence-electron chi connectivity index (χ0n) is 18.7. The van der Waals surface area contributed by atoms with Gasteiger partial charge in [-0.1, -0.05) is 63.4 Å². The molecule has 4 rings (SSSR count). The fourth-order valence-corrected chi connectivity index (χ4v) is 4.83. The van der Waals surface area contributed by atoms with Gasteiger partial charge in [-0.05, 0) is 66.3 Å². The van der Waals surface area contributed by atoms with Crippen LogP contribution in [0.15, 0.2) is 48.7 Å². The summed E-state index contributed by atoms with van der Waals surface area (Å²) in [5.41, 5.74) is 3.51. The van der Waals surface area contributed by atoms with Crippen LogP contribution in [-0.2, 0) is 11.8 Å². The van der Waals surface area contributed by atoms with E-state index in [0.717, 1.165) is 27.6 Å². The van der Waals surface area contributed by atoms with Crippen molar-refractivity contribution in [2.45, 2.75) is 71.4 Å². The van der Waals surface area contributed by atoms with Crippen LogP contribution in [0.25, 0.3) is 22.0 Å². The molecule has 0 bridgehead atoms. The molecule has 164 valence electrons. The van der Waals surface area contributed by atoms with Crippen molar-refractivity contribution in [1.29, 1.82) is 0 Å². The summed E-state index contributed by atoms with van der Waals surface area (Å²) in [5, 5.41) is 1.89. The lowest BCUT2D eigenvalue weighted by molar-refractivity contribution is -0.222. The maximum absolute atomic E-state index is 13.9. The van der Waals surface area contributed by atoms with Gasteiger partial charge in [0.05, 0.1) is 11.1 Å². The number of fused-ring (bicyclic) bond motifs is 1. The molecule has 0 amide bonds. The van der Waals surface area contributed by atoms with E-state index in [1.54, 1.807) is 0 Å². The molecule has 1 aliphatic carbocycles. The molecule has 0 atom stereocenters. The number of aryl methyl sites for hydroxylation is 1. The van der Waals surface area contributed by atoms with Gasteiger partial charge in [-0.3, -0.25) is 4.98 Å². The Morgan fingerprint density at radius 3 is 2.26 bits per heavy atom. The molecule has 3 aromatic rings. The monoisotopic (exact) mass is 425 g/mol. The fourth-order valence-electron chi connectivity index (χ4n) is 4.83. The molecular formula is C27H30F3N. The molecule has 0 radical (unpaired) electrons. The predicted octanol–water partition coefficient (Wildman–Crippen LogP) is 8.17. The Balaban J connectivity index is 1.73. The molecule has 0 spiro atoms. The van der Waals surface area contributed by atoms with Gasteiger partial charge in [0, 0.05) is 17.1 Å². The number of halogens is 3. The number of hydrogen-bond acceptors (Lipinski definition) is 1. The van der Waals surface area contributed by atoms with E-state index >= 15 is 0 Å². The summed E-state index contributed by atoms with van der Waals surface area (Å²) in [6, 6.07) is 14.1. The third kappa shape index (κ3) is 4.35. The van der Waals surface area contributed by atoms with Crippen LogP contribution in [0.4, 0.5) is 13.2 Å². The lowest BCUT2D eigenvalue weighted by atomic mass is 9.79. The number of rotatable bonds is 3. The minimum atomic E-state index is -4.16. The van der Waals surface area contributed by atoms with Crippen molar-refractivity contribution >= 4 is 10.8 Å². The van der Waals surface area contributed by atoms with E-state index < -0.39 is 11.6 Å². The highest BCUT2D eigenvalue weighted by molar-refractivity contribution is 5.86. The van der Waals surface area contributed by atoms with Gasteiger partial charge in [-0.15, -0.1) is 0 Å². The summed E-state index contributed by atoms with van der Waals surface area (Å²) in [6.45, 7) is 8.64. The highest BCUT2D eigenvalue weighted by Crippen LogP contribution is 2.52. The fraction of sp³-hybridized carbons (Fsp3) is 0.444. The summed E-state index contributed by atoms with van der Waals surface area (Å²) in [5.74, 6) is 0. The minimum absolute atomic E-state index is 0.0258. The summed E-state index contributed by atoms with van der Waals surface area (Å²) in [4.78, 5) is 4.65. The minimum Gasteiger partial charge on any atom is -0.256 e. The Hall–Kier alpha value is -2.36. The van der Waals surface area contributed by atoms with Crippen LogP contribution < -0.4 is 0 Å². The Kier molecular flexibility index (Phi) is 5.39. The molecule has 1 saturated carbocycles. The van der Waals surface area contributed by atoms with E-state index in [1.165, 1.54) is 11.1 Å². The second kappa shape index (κ2) is 7.65. The Labute approximate surface area is 182 Å². The van der Waals surface area contributed by atoms with Crippen molar-refractivity contribution in [3.05, 3.63) is 65.4 Å². The van der Waals surface area contributed by atoms with E-state index in [9.17, 15) is 13.2 Å². The smallest absolute Gasteiger partial charge is 0.256 e. The molecule has 1 fully saturated rings. The third-order valence-corrected chi connectivity index (χ3v) is 6.73. The first kappa shape index (κ1) is 21.9. The molecule has 0 N–H and O–H groups in total. The molecule has 1 aliphatic rings. The van der Waals surface area contributed by atoms with Gasteiger partial charge < -0.3 is 0 Å². The maximum atomic E-state index is 13.9. The molecule has 0 saturated heterocycles. The number of hydrogen-bond donors (Lipinski definition) is 0. The van der Waals surface area contributed by atoms with Gasteiger partial charge in [0.2, 0.25) is 0 Å². The van der Waals surface area contributed by atoms with E-state index in [1.807, 2.05) is 30.5 Å². The molecule has 1 heterocycles. The number of alkyl halides is 3. The number of pyridine rings is 1.